The van der Waals surface area contributed by atoms with Crippen molar-refractivity contribution >= 4 is 0 Å². The van der Waals surface area contributed by atoms with Crippen molar-refractivity contribution in [1.82, 2.24) is 15.5 Å². The number of aromatic nitrogens is 2. The van der Waals surface area contributed by atoms with E-state index in [-0.39, 0.29) is 0 Å². The van der Waals surface area contributed by atoms with Crippen molar-refractivity contribution in [3.05, 3.63) is 23.0 Å². The predicted molar refractivity (Wildman–Crippen MR) is 63.6 cm³/mol. The molecule has 0 aliphatic heterocycles. The SMILES string of the molecule is CCNCc1nnc(-c2c(C)oc(C)c2C)o1. The number of aryl methyl sites for hydroxylation is 2. The average molecular weight is 235 g/mol. The maximum absolute atomic E-state index is 5.60. The van der Waals surface area contributed by atoms with Gasteiger partial charge in [-0.05, 0) is 27.3 Å². The Morgan fingerprint density at radius 3 is 2.41 bits per heavy atom. The Kier molecular flexibility index (Phi) is 3.28. The fourth-order valence-electron chi connectivity index (χ4n) is 1.77. The van der Waals surface area contributed by atoms with Crippen molar-refractivity contribution < 1.29 is 8.83 Å². The monoisotopic (exact) mass is 235 g/mol. The predicted octanol–water partition coefficient (Wildman–Crippen LogP) is 2.36. The summed E-state index contributed by atoms with van der Waals surface area (Å²) >= 11 is 0. The molecule has 0 radical (unpaired) electrons. The highest BCUT2D eigenvalue weighted by Crippen LogP contribution is 2.30. The third-order valence-electron chi connectivity index (χ3n) is 2.77. The van der Waals surface area contributed by atoms with Gasteiger partial charge in [0.15, 0.2) is 0 Å². The number of rotatable bonds is 4. The molecular weight excluding hydrogens is 218 g/mol. The fraction of sp³-hybridized carbons (Fsp3) is 0.500. The first-order valence-corrected chi connectivity index (χ1v) is 5.73. The number of nitrogens with one attached hydrogen (secondary N) is 1. The van der Waals surface area contributed by atoms with Crippen LogP contribution < -0.4 is 5.32 Å². The van der Waals surface area contributed by atoms with Gasteiger partial charge in [-0.2, -0.15) is 0 Å². The molecule has 2 aromatic heterocycles. The van der Waals surface area contributed by atoms with E-state index in [2.05, 4.69) is 15.5 Å². The van der Waals surface area contributed by atoms with Crippen LogP contribution in [0.3, 0.4) is 0 Å². The first-order chi connectivity index (χ1) is 8.13. The average Bonchev–Trinajstić information content (AvgIpc) is 2.83. The third-order valence-corrected chi connectivity index (χ3v) is 2.77. The minimum atomic E-state index is 0.532. The molecule has 0 atom stereocenters. The summed E-state index contributed by atoms with van der Waals surface area (Å²) in [5.41, 5.74) is 1.97. The highest BCUT2D eigenvalue weighted by Gasteiger charge is 2.18. The van der Waals surface area contributed by atoms with E-state index in [1.165, 1.54) is 0 Å². The third kappa shape index (κ3) is 2.24. The van der Waals surface area contributed by atoms with Crippen molar-refractivity contribution in [2.24, 2.45) is 0 Å². The molecule has 0 bridgehead atoms. The lowest BCUT2D eigenvalue weighted by atomic mass is 10.1. The summed E-state index contributed by atoms with van der Waals surface area (Å²) in [5.74, 6) is 2.84. The van der Waals surface area contributed by atoms with E-state index in [0.29, 0.717) is 18.3 Å². The van der Waals surface area contributed by atoms with Gasteiger partial charge in [-0.15, -0.1) is 10.2 Å². The summed E-state index contributed by atoms with van der Waals surface area (Å²) < 4.78 is 11.1. The second-order valence-corrected chi connectivity index (χ2v) is 4.00. The Balaban J connectivity index is 2.30. The molecule has 0 unspecified atom stereocenters. The Morgan fingerprint density at radius 2 is 1.82 bits per heavy atom. The lowest BCUT2D eigenvalue weighted by Gasteiger charge is -1.95. The van der Waals surface area contributed by atoms with Gasteiger partial charge in [0.1, 0.15) is 11.5 Å². The highest BCUT2D eigenvalue weighted by atomic mass is 16.4. The van der Waals surface area contributed by atoms with Crippen LogP contribution in [0.15, 0.2) is 8.83 Å². The number of hydrogen-bond donors (Lipinski definition) is 1. The fourth-order valence-corrected chi connectivity index (χ4v) is 1.77. The largest absolute Gasteiger partial charge is 0.466 e. The molecule has 0 aromatic carbocycles. The van der Waals surface area contributed by atoms with E-state index >= 15 is 0 Å². The van der Waals surface area contributed by atoms with Crippen LogP contribution in [0.2, 0.25) is 0 Å². The van der Waals surface area contributed by atoms with Crippen LogP contribution in [0.5, 0.6) is 0 Å². The summed E-state index contributed by atoms with van der Waals surface area (Å²) in [6, 6.07) is 0. The molecule has 1 N–H and O–H groups in total. The molecule has 92 valence electrons. The molecular formula is C12H17N3O2. The zero-order valence-electron chi connectivity index (χ0n) is 10.6. The van der Waals surface area contributed by atoms with E-state index in [1.807, 2.05) is 27.7 Å². The molecule has 2 rings (SSSR count). The maximum Gasteiger partial charge on any atom is 0.251 e. The Bertz CT molecular complexity index is 514. The zero-order chi connectivity index (χ0) is 12.4. The van der Waals surface area contributed by atoms with Crippen LogP contribution in [-0.4, -0.2) is 16.7 Å². The lowest BCUT2D eigenvalue weighted by Crippen LogP contribution is -2.11. The standard InChI is InChI=1S/C12H17N3O2/c1-5-13-6-10-14-15-12(17-10)11-7(2)8(3)16-9(11)4/h13H,5-6H2,1-4H3. The first kappa shape index (κ1) is 11.9. The Morgan fingerprint density at radius 1 is 1.06 bits per heavy atom. The van der Waals surface area contributed by atoms with Gasteiger partial charge in [0.05, 0.1) is 12.1 Å². The molecule has 0 spiro atoms. The van der Waals surface area contributed by atoms with Gasteiger partial charge in [0, 0.05) is 5.56 Å². The smallest absolute Gasteiger partial charge is 0.251 e. The van der Waals surface area contributed by atoms with E-state index in [9.17, 15) is 0 Å². The van der Waals surface area contributed by atoms with Crippen LogP contribution in [0.25, 0.3) is 11.5 Å². The van der Waals surface area contributed by atoms with E-state index in [4.69, 9.17) is 8.83 Å². The number of hydrogen-bond acceptors (Lipinski definition) is 5. The molecule has 5 heteroatoms. The second-order valence-electron chi connectivity index (χ2n) is 4.00. The van der Waals surface area contributed by atoms with Crippen molar-refractivity contribution in [2.45, 2.75) is 34.2 Å². The van der Waals surface area contributed by atoms with Crippen molar-refractivity contribution in [2.75, 3.05) is 6.54 Å². The topological polar surface area (TPSA) is 64.1 Å². The highest BCUT2D eigenvalue weighted by molar-refractivity contribution is 5.61. The van der Waals surface area contributed by atoms with Crippen LogP contribution in [0.4, 0.5) is 0 Å². The van der Waals surface area contributed by atoms with Crippen LogP contribution in [0, 0.1) is 20.8 Å². The minimum Gasteiger partial charge on any atom is -0.466 e. The zero-order valence-corrected chi connectivity index (χ0v) is 10.6. The maximum atomic E-state index is 5.60. The van der Waals surface area contributed by atoms with Gasteiger partial charge in [-0.25, -0.2) is 0 Å². The van der Waals surface area contributed by atoms with E-state index in [0.717, 1.165) is 29.2 Å². The van der Waals surface area contributed by atoms with E-state index in [1.54, 1.807) is 0 Å². The summed E-state index contributed by atoms with van der Waals surface area (Å²) in [6.45, 7) is 9.34. The lowest BCUT2D eigenvalue weighted by molar-refractivity contribution is 0.477. The van der Waals surface area contributed by atoms with Gasteiger partial charge < -0.3 is 14.2 Å². The van der Waals surface area contributed by atoms with Gasteiger partial charge in [-0.1, -0.05) is 6.92 Å². The molecule has 0 aliphatic rings. The first-order valence-electron chi connectivity index (χ1n) is 5.73. The summed E-state index contributed by atoms with van der Waals surface area (Å²) in [5, 5.41) is 11.2. The van der Waals surface area contributed by atoms with Crippen LogP contribution in [0.1, 0.15) is 29.9 Å². The molecule has 2 aromatic rings. The van der Waals surface area contributed by atoms with Gasteiger partial charge >= 0.3 is 0 Å². The summed E-state index contributed by atoms with van der Waals surface area (Å²) in [7, 11) is 0. The minimum absolute atomic E-state index is 0.532. The van der Waals surface area contributed by atoms with Crippen LogP contribution >= 0.6 is 0 Å². The summed E-state index contributed by atoms with van der Waals surface area (Å²) in [4.78, 5) is 0. The quantitative estimate of drug-likeness (QED) is 0.881. The summed E-state index contributed by atoms with van der Waals surface area (Å²) in [6.07, 6.45) is 0. The number of furan rings is 1. The molecule has 0 amide bonds. The van der Waals surface area contributed by atoms with Gasteiger partial charge in [0.25, 0.3) is 5.89 Å². The Labute approximate surface area is 100 Å². The molecule has 0 fully saturated rings. The molecule has 0 saturated carbocycles. The molecule has 5 nitrogen and oxygen atoms in total. The van der Waals surface area contributed by atoms with Crippen molar-refractivity contribution in [3.8, 4) is 11.5 Å². The van der Waals surface area contributed by atoms with Crippen molar-refractivity contribution in [3.63, 3.8) is 0 Å². The van der Waals surface area contributed by atoms with Crippen LogP contribution in [-0.2, 0) is 6.54 Å². The Hall–Kier alpha value is -1.62. The number of nitrogens with zero attached hydrogens (tertiary/aromatic N) is 2. The van der Waals surface area contributed by atoms with Gasteiger partial charge in [-0.3, -0.25) is 0 Å². The van der Waals surface area contributed by atoms with Crippen molar-refractivity contribution in [1.29, 1.82) is 0 Å². The molecule has 17 heavy (non-hydrogen) atoms. The van der Waals surface area contributed by atoms with E-state index < -0.39 is 0 Å². The second kappa shape index (κ2) is 4.71. The molecule has 0 saturated heterocycles. The molecule has 0 aliphatic carbocycles. The normalized spacial score (nSPS) is 11.1. The van der Waals surface area contributed by atoms with Gasteiger partial charge in [0.2, 0.25) is 5.89 Å². The molecule has 2 heterocycles.